The number of nitrogen functional groups attached to an aromatic ring is 1. The molecule has 1 aliphatic heterocycles. The fourth-order valence-electron chi connectivity index (χ4n) is 4.61. The third kappa shape index (κ3) is 4.99. The summed E-state index contributed by atoms with van der Waals surface area (Å²) in [5.41, 5.74) is 6.26. The molecule has 3 aromatic heterocycles. The van der Waals surface area contributed by atoms with Crippen molar-refractivity contribution in [3.05, 3.63) is 47.7 Å². The van der Waals surface area contributed by atoms with Crippen LogP contribution >= 0.6 is 0 Å². The third-order valence-corrected chi connectivity index (χ3v) is 7.29. The molecular weight excluding hydrogens is 482 g/mol. The van der Waals surface area contributed by atoms with Crippen LogP contribution in [0.25, 0.3) is 5.82 Å². The van der Waals surface area contributed by atoms with Crippen molar-refractivity contribution in [1.82, 2.24) is 24.5 Å². The maximum atomic E-state index is 13.3. The van der Waals surface area contributed by atoms with Gasteiger partial charge in [0.25, 0.3) is 15.9 Å². The van der Waals surface area contributed by atoms with E-state index >= 15 is 0 Å². The second-order valence-corrected chi connectivity index (χ2v) is 11.2. The molecule has 192 valence electrons. The first-order valence-electron chi connectivity index (χ1n) is 11.7. The van der Waals surface area contributed by atoms with Gasteiger partial charge in [-0.1, -0.05) is 13.0 Å². The zero-order valence-electron chi connectivity index (χ0n) is 21.0. The van der Waals surface area contributed by atoms with Crippen molar-refractivity contribution in [1.29, 1.82) is 0 Å². The molecule has 1 atom stereocenters. The average molecular weight is 514 g/mol. The van der Waals surface area contributed by atoms with Gasteiger partial charge in [-0.05, 0) is 64.3 Å². The van der Waals surface area contributed by atoms with E-state index in [0.29, 0.717) is 36.6 Å². The van der Waals surface area contributed by atoms with Crippen molar-refractivity contribution in [3.8, 4) is 11.7 Å². The zero-order chi connectivity index (χ0) is 26.3. The number of nitrogens with one attached hydrogen (secondary N) is 1. The average Bonchev–Trinajstić information content (AvgIpc) is 3.30. The number of nitrogens with zero attached hydrogens (tertiary/aromatic N) is 5. The van der Waals surface area contributed by atoms with Crippen LogP contribution in [0.3, 0.4) is 0 Å². The number of hydrogen-bond donors (Lipinski definition) is 2. The molecule has 0 spiro atoms. The number of rotatable bonds is 7. The van der Waals surface area contributed by atoms with Crippen molar-refractivity contribution in [3.63, 3.8) is 0 Å². The van der Waals surface area contributed by atoms with Crippen LogP contribution in [0.15, 0.2) is 41.4 Å². The maximum Gasteiger partial charge on any atom is 0.281 e. The number of amides is 1. The molecule has 1 fully saturated rings. The molecule has 0 bridgehead atoms. The van der Waals surface area contributed by atoms with Gasteiger partial charge < -0.3 is 15.4 Å². The molecule has 0 radical (unpaired) electrons. The van der Waals surface area contributed by atoms with Crippen LogP contribution in [0.4, 0.5) is 11.6 Å². The summed E-state index contributed by atoms with van der Waals surface area (Å²) in [5, 5.41) is 4.13. The Morgan fingerprint density at radius 1 is 1.25 bits per heavy atom. The van der Waals surface area contributed by atoms with Crippen molar-refractivity contribution in [2.45, 2.75) is 51.6 Å². The maximum absolute atomic E-state index is 13.3. The Labute approximate surface area is 210 Å². The van der Waals surface area contributed by atoms with Gasteiger partial charge in [-0.15, -0.1) is 5.10 Å². The van der Waals surface area contributed by atoms with E-state index in [-0.39, 0.29) is 21.9 Å². The minimum atomic E-state index is -4.25. The van der Waals surface area contributed by atoms with Gasteiger partial charge in [0.1, 0.15) is 11.6 Å². The quantitative estimate of drug-likeness (QED) is 0.487. The number of hydrogen-bond acceptors (Lipinski definition) is 9. The molecule has 0 saturated carbocycles. The number of aryl methyl sites for hydroxylation is 1. The standard InChI is InChI=1S/C24H31N7O4S/c1-6-35-20-12-16(3)31(28-20)19-11-10-17(22(27-19)30-14-15(2)13-24(30,4)5)23(32)29-36(33,34)21-9-7-8-18(25)26-21/h7-12,15H,6,13-14H2,1-5H3,(H2,25,26)(H,29,32)/t15-/m0/s1. The molecule has 1 amide bonds. The van der Waals surface area contributed by atoms with E-state index in [1.165, 1.54) is 18.2 Å². The number of pyridine rings is 2. The highest BCUT2D eigenvalue weighted by atomic mass is 32.2. The molecule has 11 nitrogen and oxygen atoms in total. The van der Waals surface area contributed by atoms with Gasteiger partial charge in [-0.25, -0.2) is 19.4 Å². The number of nitrogens with two attached hydrogens (primary N) is 1. The molecular formula is C24H31N7O4S. The van der Waals surface area contributed by atoms with E-state index in [4.69, 9.17) is 15.5 Å². The topological polar surface area (TPSA) is 145 Å². The van der Waals surface area contributed by atoms with Gasteiger partial charge in [0.2, 0.25) is 5.88 Å². The van der Waals surface area contributed by atoms with E-state index < -0.39 is 15.9 Å². The smallest absolute Gasteiger partial charge is 0.281 e. The Hall–Kier alpha value is -3.67. The number of aromatic nitrogens is 4. The Morgan fingerprint density at radius 2 is 2.00 bits per heavy atom. The van der Waals surface area contributed by atoms with E-state index in [1.54, 1.807) is 22.9 Å². The monoisotopic (exact) mass is 513 g/mol. The summed E-state index contributed by atoms with van der Waals surface area (Å²) in [5.74, 6) is 0.916. The van der Waals surface area contributed by atoms with Gasteiger partial charge >= 0.3 is 0 Å². The number of carbonyl (C=O) groups is 1. The Kier molecular flexibility index (Phi) is 6.65. The predicted octanol–water partition coefficient (Wildman–Crippen LogP) is 2.70. The lowest BCUT2D eigenvalue weighted by atomic mass is 9.97. The molecule has 1 saturated heterocycles. The van der Waals surface area contributed by atoms with E-state index in [9.17, 15) is 13.2 Å². The van der Waals surface area contributed by atoms with E-state index in [0.717, 1.165) is 12.1 Å². The highest BCUT2D eigenvalue weighted by Gasteiger charge is 2.39. The molecule has 1 aliphatic rings. The first-order chi connectivity index (χ1) is 16.9. The first kappa shape index (κ1) is 25.4. The highest BCUT2D eigenvalue weighted by molar-refractivity contribution is 7.90. The molecule has 36 heavy (non-hydrogen) atoms. The minimum Gasteiger partial charge on any atom is -0.477 e. The Morgan fingerprint density at radius 3 is 2.64 bits per heavy atom. The van der Waals surface area contributed by atoms with Crippen LogP contribution in [-0.4, -0.2) is 52.8 Å². The normalized spacial score (nSPS) is 17.2. The fraction of sp³-hybridized carbons (Fsp3) is 0.417. The van der Waals surface area contributed by atoms with Crippen LogP contribution in [0, 0.1) is 12.8 Å². The number of ether oxygens (including phenoxy) is 1. The van der Waals surface area contributed by atoms with Crippen LogP contribution in [0.5, 0.6) is 5.88 Å². The molecule has 0 aromatic carbocycles. The molecule has 12 heteroatoms. The predicted molar refractivity (Wildman–Crippen MR) is 136 cm³/mol. The molecule has 0 unspecified atom stereocenters. The van der Waals surface area contributed by atoms with Gasteiger partial charge in [0, 0.05) is 23.8 Å². The Bertz CT molecular complexity index is 1400. The summed E-state index contributed by atoms with van der Waals surface area (Å²) in [4.78, 5) is 24.0. The summed E-state index contributed by atoms with van der Waals surface area (Å²) in [6.45, 7) is 11.2. The largest absolute Gasteiger partial charge is 0.477 e. The number of sulfonamides is 1. The molecule has 4 heterocycles. The van der Waals surface area contributed by atoms with Gasteiger partial charge in [0.15, 0.2) is 10.8 Å². The zero-order valence-corrected chi connectivity index (χ0v) is 21.8. The summed E-state index contributed by atoms with van der Waals surface area (Å²) in [6, 6.07) is 9.20. The third-order valence-electron chi connectivity index (χ3n) is 6.06. The van der Waals surface area contributed by atoms with Crippen molar-refractivity contribution >= 4 is 27.6 Å². The molecule has 0 aliphatic carbocycles. The van der Waals surface area contributed by atoms with Crippen molar-refractivity contribution < 1.29 is 17.9 Å². The van der Waals surface area contributed by atoms with Crippen LogP contribution in [-0.2, 0) is 10.0 Å². The Balaban J connectivity index is 1.77. The van der Waals surface area contributed by atoms with Gasteiger partial charge in [-0.2, -0.15) is 8.42 Å². The summed E-state index contributed by atoms with van der Waals surface area (Å²) in [7, 11) is -4.25. The molecule has 3 N–H and O–H groups in total. The number of anilines is 2. The van der Waals surface area contributed by atoms with Crippen LogP contribution in [0.2, 0.25) is 0 Å². The second kappa shape index (κ2) is 9.41. The van der Waals surface area contributed by atoms with Crippen LogP contribution < -0.4 is 20.1 Å². The van der Waals surface area contributed by atoms with Gasteiger partial charge in [0.05, 0.1) is 12.2 Å². The van der Waals surface area contributed by atoms with E-state index in [2.05, 4.69) is 35.6 Å². The highest BCUT2D eigenvalue weighted by Crippen LogP contribution is 2.38. The van der Waals surface area contributed by atoms with Gasteiger partial charge in [-0.3, -0.25) is 4.79 Å². The lowest BCUT2D eigenvalue weighted by Gasteiger charge is -2.34. The minimum absolute atomic E-state index is 0.0332. The van der Waals surface area contributed by atoms with Crippen molar-refractivity contribution in [2.24, 2.45) is 5.92 Å². The van der Waals surface area contributed by atoms with Crippen molar-refractivity contribution in [2.75, 3.05) is 23.8 Å². The lowest BCUT2D eigenvalue weighted by Crippen LogP contribution is -2.41. The lowest BCUT2D eigenvalue weighted by molar-refractivity contribution is 0.0981. The fourth-order valence-corrected chi connectivity index (χ4v) is 5.55. The SMILES string of the molecule is CCOc1cc(C)n(-c2ccc(C(=O)NS(=O)(=O)c3cccc(N)n3)c(N3C[C@@H](C)CC3(C)C)n2)n1. The van der Waals surface area contributed by atoms with Crippen LogP contribution in [0.1, 0.15) is 50.2 Å². The summed E-state index contributed by atoms with van der Waals surface area (Å²) >= 11 is 0. The number of carbonyl (C=O) groups excluding carboxylic acids is 1. The summed E-state index contributed by atoms with van der Waals surface area (Å²) < 4.78 is 35.0. The molecule has 4 rings (SSSR count). The second-order valence-electron chi connectivity index (χ2n) is 9.58. The van der Waals surface area contributed by atoms with E-state index in [1.807, 2.05) is 18.7 Å². The summed E-state index contributed by atoms with van der Waals surface area (Å²) in [6.07, 6.45) is 0.890. The molecule has 3 aromatic rings. The first-order valence-corrected chi connectivity index (χ1v) is 13.2.